The minimum atomic E-state index is 0.736. The van der Waals surface area contributed by atoms with Crippen LogP contribution in [0.2, 0.25) is 0 Å². The molecule has 0 amide bonds. The summed E-state index contributed by atoms with van der Waals surface area (Å²) in [7, 11) is 3.68. The Morgan fingerprint density at radius 3 is 2.73 bits per heavy atom. The number of nitrogens with two attached hydrogens (primary N) is 1. The van der Waals surface area contributed by atoms with E-state index in [4.69, 9.17) is 10.6 Å². The summed E-state index contributed by atoms with van der Waals surface area (Å²) in [6.45, 7) is 4.62. The Morgan fingerprint density at radius 1 is 1.47 bits per heavy atom. The lowest BCUT2D eigenvalue weighted by Gasteiger charge is -2.20. The molecule has 90 valence electrons. The molecule has 0 atom stereocenters. The van der Waals surface area contributed by atoms with Crippen LogP contribution in [0.3, 0.4) is 0 Å². The maximum atomic E-state index is 5.41. The Morgan fingerprint density at radius 2 is 2.20 bits per heavy atom. The van der Waals surface area contributed by atoms with Gasteiger partial charge in [0.1, 0.15) is 0 Å². The number of methoxy groups -OCH3 is 1. The van der Waals surface area contributed by atoms with Gasteiger partial charge in [-0.3, -0.25) is 10.4 Å². The normalized spacial score (nSPS) is 11.6. The van der Waals surface area contributed by atoms with Crippen molar-refractivity contribution in [1.82, 2.24) is 10.3 Å². The SMILES string of the molecule is CCCCN(C)C(=NCCCOC)NN. The fraction of sp³-hybridized carbons (Fsp3) is 0.900. The fourth-order valence-electron chi connectivity index (χ4n) is 1.17. The standard InChI is InChI=1S/C10H24N4O/c1-4-5-8-14(2)10(13-11)12-7-6-9-15-3/h4-9,11H2,1-3H3,(H,12,13). The maximum absolute atomic E-state index is 5.41. The molecule has 0 aromatic rings. The molecular weight excluding hydrogens is 192 g/mol. The van der Waals surface area contributed by atoms with Crippen LogP contribution in [0.15, 0.2) is 4.99 Å². The van der Waals surface area contributed by atoms with Gasteiger partial charge in [0.05, 0.1) is 0 Å². The van der Waals surface area contributed by atoms with Crippen molar-refractivity contribution in [3.8, 4) is 0 Å². The number of guanidine groups is 1. The summed E-state index contributed by atoms with van der Waals surface area (Å²) in [5.41, 5.74) is 2.62. The Balaban J connectivity index is 3.86. The van der Waals surface area contributed by atoms with Crippen LogP contribution < -0.4 is 11.3 Å². The second kappa shape index (κ2) is 9.73. The second-order valence-corrected chi connectivity index (χ2v) is 3.47. The predicted molar refractivity (Wildman–Crippen MR) is 63.7 cm³/mol. The van der Waals surface area contributed by atoms with Crippen LogP contribution >= 0.6 is 0 Å². The van der Waals surface area contributed by atoms with Crippen molar-refractivity contribution in [2.45, 2.75) is 26.2 Å². The van der Waals surface area contributed by atoms with Crippen LogP contribution in [-0.4, -0.2) is 44.7 Å². The van der Waals surface area contributed by atoms with Gasteiger partial charge in [0.2, 0.25) is 5.96 Å². The Kier molecular flexibility index (Phi) is 9.21. The molecule has 5 nitrogen and oxygen atoms in total. The zero-order valence-electron chi connectivity index (χ0n) is 10.1. The quantitative estimate of drug-likeness (QED) is 0.215. The molecule has 0 unspecified atom stereocenters. The van der Waals surface area contributed by atoms with Gasteiger partial charge in [-0.15, -0.1) is 0 Å². The molecule has 0 saturated heterocycles. The van der Waals surface area contributed by atoms with Crippen LogP contribution in [0.25, 0.3) is 0 Å². The van der Waals surface area contributed by atoms with Gasteiger partial charge in [0.15, 0.2) is 0 Å². The average molecular weight is 216 g/mol. The minimum Gasteiger partial charge on any atom is -0.385 e. The van der Waals surface area contributed by atoms with E-state index < -0.39 is 0 Å². The lowest BCUT2D eigenvalue weighted by molar-refractivity contribution is 0.197. The van der Waals surface area contributed by atoms with Gasteiger partial charge < -0.3 is 9.64 Å². The van der Waals surface area contributed by atoms with E-state index in [2.05, 4.69) is 17.3 Å². The number of hydrogen-bond donors (Lipinski definition) is 2. The van der Waals surface area contributed by atoms with E-state index in [-0.39, 0.29) is 0 Å². The molecule has 0 rings (SSSR count). The van der Waals surface area contributed by atoms with Crippen molar-refractivity contribution in [2.75, 3.05) is 33.9 Å². The second-order valence-electron chi connectivity index (χ2n) is 3.47. The number of rotatable bonds is 7. The molecule has 0 aliphatic heterocycles. The third kappa shape index (κ3) is 7.16. The van der Waals surface area contributed by atoms with Gasteiger partial charge in [-0.2, -0.15) is 0 Å². The maximum Gasteiger partial charge on any atom is 0.208 e. The average Bonchev–Trinajstić information content (AvgIpc) is 2.26. The number of nitrogens with zero attached hydrogens (tertiary/aromatic N) is 2. The minimum absolute atomic E-state index is 0.736. The van der Waals surface area contributed by atoms with Crippen molar-refractivity contribution in [2.24, 2.45) is 10.8 Å². The van der Waals surface area contributed by atoms with E-state index >= 15 is 0 Å². The number of hydrogen-bond acceptors (Lipinski definition) is 3. The van der Waals surface area contributed by atoms with E-state index in [1.807, 2.05) is 11.9 Å². The van der Waals surface area contributed by atoms with E-state index in [0.29, 0.717) is 0 Å². The molecule has 0 saturated carbocycles. The van der Waals surface area contributed by atoms with Crippen molar-refractivity contribution < 1.29 is 4.74 Å². The highest BCUT2D eigenvalue weighted by Gasteiger charge is 2.02. The smallest absolute Gasteiger partial charge is 0.208 e. The highest BCUT2D eigenvalue weighted by Crippen LogP contribution is 1.93. The van der Waals surface area contributed by atoms with Crippen molar-refractivity contribution in [3.05, 3.63) is 0 Å². The molecule has 0 radical (unpaired) electrons. The summed E-state index contributed by atoms with van der Waals surface area (Å²) < 4.78 is 4.95. The van der Waals surface area contributed by atoms with Gasteiger partial charge in [0.25, 0.3) is 0 Å². The first-order valence-corrected chi connectivity index (χ1v) is 5.47. The third-order valence-electron chi connectivity index (χ3n) is 2.11. The van der Waals surface area contributed by atoms with Crippen LogP contribution in [0.1, 0.15) is 26.2 Å². The number of ether oxygens (including phenoxy) is 1. The molecule has 0 spiro atoms. The summed E-state index contributed by atoms with van der Waals surface area (Å²) >= 11 is 0. The van der Waals surface area contributed by atoms with Crippen LogP contribution in [-0.2, 0) is 4.74 Å². The summed E-state index contributed by atoms with van der Waals surface area (Å²) in [5.74, 6) is 6.16. The van der Waals surface area contributed by atoms with Crippen molar-refractivity contribution >= 4 is 5.96 Å². The first kappa shape index (κ1) is 14.2. The van der Waals surface area contributed by atoms with Crippen molar-refractivity contribution in [1.29, 1.82) is 0 Å². The number of aliphatic imine (C=N–C) groups is 1. The van der Waals surface area contributed by atoms with Gasteiger partial charge in [0, 0.05) is 33.9 Å². The molecule has 0 aliphatic carbocycles. The molecule has 15 heavy (non-hydrogen) atoms. The largest absolute Gasteiger partial charge is 0.385 e. The monoisotopic (exact) mass is 216 g/mol. The molecule has 0 aliphatic rings. The van der Waals surface area contributed by atoms with E-state index in [1.165, 1.54) is 6.42 Å². The summed E-state index contributed by atoms with van der Waals surface area (Å²) in [4.78, 5) is 6.40. The molecule has 0 aromatic heterocycles. The summed E-state index contributed by atoms with van der Waals surface area (Å²) in [6, 6.07) is 0. The van der Waals surface area contributed by atoms with Crippen LogP contribution in [0.5, 0.6) is 0 Å². The topological polar surface area (TPSA) is 62.9 Å². The predicted octanol–water partition coefficient (Wildman–Crippen LogP) is 0.574. The lowest BCUT2D eigenvalue weighted by Crippen LogP contribution is -2.43. The van der Waals surface area contributed by atoms with Gasteiger partial charge in [-0.25, -0.2) is 5.84 Å². The van der Waals surface area contributed by atoms with E-state index in [0.717, 1.165) is 38.5 Å². The lowest BCUT2D eigenvalue weighted by atomic mass is 10.3. The molecular formula is C10H24N4O. The molecule has 0 fully saturated rings. The van der Waals surface area contributed by atoms with Crippen LogP contribution in [0.4, 0.5) is 0 Å². The third-order valence-corrected chi connectivity index (χ3v) is 2.11. The Hall–Kier alpha value is -0.810. The molecule has 0 bridgehead atoms. The Labute approximate surface area is 92.7 Å². The van der Waals surface area contributed by atoms with E-state index in [9.17, 15) is 0 Å². The fourth-order valence-corrected chi connectivity index (χ4v) is 1.17. The first-order chi connectivity index (χ1) is 7.26. The van der Waals surface area contributed by atoms with Crippen LogP contribution in [0, 0.1) is 0 Å². The molecule has 5 heteroatoms. The summed E-state index contributed by atoms with van der Waals surface area (Å²) in [5, 5.41) is 0. The number of hydrazine groups is 1. The zero-order chi connectivity index (χ0) is 11.5. The van der Waals surface area contributed by atoms with Gasteiger partial charge in [-0.05, 0) is 12.8 Å². The number of unbranched alkanes of at least 4 members (excludes halogenated alkanes) is 1. The zero-order valence-corrected chi connectivity index (χ0v) is 10.1. The van der Waals surface area contributed by atoms with E-state index in [1.54, 1.807) is 7.11 Å². The molecule has 0 heterocycles. The first-order valence-electron chi connectivity index (χ1n) is 5.47. The van der Waals surface area contributed by atoms with Gasteiger partial charge in [-0.1, -0.05) is 13.3 Å². The number of nitrogens with one attached hydrogen (secondary N) is 1. The van der Waals surface area contributed by atoms with Crippen molar-refractivity contribution in [3.63, 3.8) is 0 Å². The Bertz CT molecular complexity index is 173. The molecule has 3 N–H and O–H groups in total. The highest BCUT2D eigenvalue weighted by molar-refractivity contribution is 5.79. The highest BCUT2D eigenvalue weighted by atomic mass is 16.5. The molecule has 0 aromatic carbocycles. The van der Waals surface area contributed by atoms with Gasteiger partial charge >= 0.3 is 0 Å². The summed E-state index contributed by atoms with van der Waals surface area (Å²) in [6.07, 6.45) is 3.24.